The van der Waals surface area contributed by atoms with Gasteiger partial charge in [0.25, 0.3) is 0 Å². The standard InChI is InChI=1S/C12H12ClN3O/c1-14-7-11(17)16-10-5-4-9(13)12-8(10)3-2-6-15-12/h2-6,14H,7H2,1H3,(H,16,17). The van der Waals surface area contributed by atoms with E-state index in [0.717, 1.165) is 11.1 Å². The molecule has 4 nitrogen and oxygen atoms in total. The number of nitrogens with one attached hydrogen (secondary N) is 2. The maximum Gasteiger partial charge on any atom is 0.238 e. The van der Waals surface area contributed by atoms with Crippen molar-refractivity contribution in [3.05, 3.63) is 35.5 Å². The van der Waals surface area contributed by atoms with Crippen molar-refractivity contribution in [2.24, 2.45) is 0 Å². The summed E-state index contributed by atoms with van der Waals surface area (Å²) in [6, 6.07) is 7.20. The first kappa shape index (κ1) is 11.8. The van der Waals surface area contributed by atoms with E-state index in [-0.39, 0.29) is 12.5 Å². The van der Waals surface area contributed by atoms with E-state index in [2.05, 4.69) is 15.6 Å². The Hall–Kier alpha value is -1.65. The molecular weight excluding hydrogens is 238 g/mol. The predicted octanol–water partition coefficient (Wildman–Crippen LogP) is 2.05. The van der Waals surface area contributed by atoms with Crippen molar-refractivity contribution < 1.29 is 4.79 Å². The van der Waals surface area contributed by atoms with Crippen LogP contribution in [0.4, 0.5) is 5.69 Å². The van der Waals surface area contributed by atoms with Crippen LogP contribution in [0.3, 0.4) is 0 Å². The van der Waals surface area contributed by atoms with E-state index in [4.69, 9.17) is 11.6 Å². The van der Waals surface area contributed by atoms with Crippen molar-refractivity contribution in [1.29, 1.82) is 0 Å². The molecule has 2 aromatic rings. The molecule has 0 saturated carbocycles. The smallest absolute Gasteiger partial charge is 0.238 e. The van der Waals surface area contributed by atoms with Crippen LogP contribution in [0.25, 0.3) is 10.9 Å². The predicted molar refractivity (Wildman–Crippen MR) is 69.3 cm³/mol. The number of hydrogen-bond donors (Lipinski definition) is 2. The first-order valence-corrected chi connectivity index (χ1v) is 5.58. The van der Waals surface area contributed by atoms with Crippen molar-refractivity contribution in [3.8, 4) is 0 Å². The van der Waals surface area contributed by atoms with Gasteiger partial charge in [0.1, 0.15) is 0 Å². The topological polar surface area (TPSA) is 54.0 Å². The van der Waals surface area contributed by atoms with Crippen molar-refractivity contribution >= 4 is 34.1 Å². The Morgan fingerprint density at radius 2 is 2.24 bits per heavy atom. The fraction of sp³-hybridized carbons (Fsp3) is 0.167. The summed E-state index contributed by atoms with van der Waals surface area (Å²) in [7, 11) is 1.72. The number of pyridine rings is 1. The molecule has 1 heterocycles. The lowest BCUT2D eigenvalue weighted by atomic mass is 10.2. The third-order valence-electron chi connectivity index (χ3n) is 2.33. The summed E-state index contributed by atoms with van der Waals surface area (Å²) in [6.45, 7) is 0.268. The molecule has 0 unspecified atom stereocenters. The van der Waals surface area contributed by atoms with Gasteiger partial charge in [-0.15, -0.1) is 0 Å². The van der Waals surface area contributed by atoms with Crippen LogP contribution in [-0.4, -0.2) is 24.5 Å². The van der Waals surface area contributed by atoms with E-state index in [1.807, 2.05) is 12.1 Å². The lowest BCUT2D eigenvalue weighted by Gasteiger charge is -2.08. The number of nitrogens with zero attached hydrogens (tertiary/aromatic N) is 1. The summed E-state index contributed by atoms with van der Waals surface area (Å²) in [5.74, 6) is -0.0972. The molecule has 0 fully saturated rings. The number of halogens is 1. The van der Waals surface area contributed by atoms with Gasteiger partial charge in [-0.2, -0.15) is 0 Å². The second-order valence-corrected chi connectivity index (χ2v) is 3.98. The molecule has 0 atom stereocenters. The highest BCUT2D eigenvalue weighted by Gasteiger charge is 2.07. The molecule has 5 heteroatoms. The molecule has 17 heavy (non-hydrogen) atoms. The average molecular weight is 250 g/mol. The van der Waals surface area contributed by atoms with Crippen LogP contribution < -0.4 is 10.6 Å². The molecule has 0 bridgehead atoms. The summed E-state index contributed by atoms with van der Waals surface area (Å²) in [6.07, 6.45) is 1.67. The van der Waals surface area contributed by atoms with Crippen molar-refractivity contribution in [3.63, 3.8) is 0 Å². The number of carbonyl (C=O) groups excluding carboxylic acids is 1. The monoisotopic (exact) mass is 249 g/mol. The zero-order valence-corrected chi connectivity index (χ0v) is 10.1. The molecule has 1 aromatic heterocycles. The maximum absolute atomic E-state index is 11.5. The van der Waals surface area contributed by atoms with Crippen LogP contribution in [0, 0.1) is 0 Å². The number of rotatable bonds is 3. The SMILES string of the molecule is CNCC(=O)Nc1ccc(Cl)c2ncccc12. The number of carbonyl (C=O) groups is 1. The van der Waals surface area contributed by atoms with E-state index in [1.165, 1.54) is 0 Å². The minimum absolute atomic E-state index is 0.0972. The summed E-state index contributed by atoms with van der Waals surface area (Å²) >= 11 is 6.04. The lowest BCUT2D eigenvalue weighted by molar-refractivity contribution is -0.115. The molecule has 0 aliphatic carbocycles. The molecule has 88 valence electrons. The average Bonchev–Trinajstić information content (AvgIpc) is 2.34. The summed E-state index contributed by atoms with van der Waals surface area (Å²) in [5, 5.41) is 7.02. The number of benzene rings is 1. The highest BCUT2D eigenvalue weighted by Crippen LogP contribution is 2.27. The number of aromatic nitrogens is 1. The molecule has 1 aromatic carbocycles. The second kappa shape index (κ2) is 5.12. The number of amides is 1. The van der Waals surface area contributed by atoms with Gasteiger partial charge in [-0.3, -0.25) is 9.78 Å². The van der Waals surface area contributed by atoms with Crippen molar-refractivity contribution in [2.45, 2.75) is 0 Å². The van der Waals surface area contributed by atoms with Gasteiger partial charge in [-0.25, -0.2) is 0 Å². The Morgan fingerprint density at radius 1 is 1.41 bits per heavy atom. The Kier molecular flexibility index (Phi) is 3.56. The van der Waals surface area contributed by atoms with Crippen LogP contribution in [-0.2, 0) is 4.79 Å². The van der Waals surface area contributed by atoms with E-state index in [9.17, 15) is 4.79 Å². The maximum atomic E-state index is 11.5. The molecule has 1 amide bonds. The van der Waals surface area contributed by atoms with Crippen LogP contribution >= 0.6 is 11.6 Å². The van der Waals surface area contributed by atoms with Gasteiger partial charge >= 0.3 is 0 Å². The first-order valence-electron chi connectivity index (χ1n) is 5.20. The van der Waals surface area contributed by atoms with Crippen LogP contribution in [0.2, 0.25) is 5.02 Å². The van der Waals surface area contributed by atoms with Gasteiger partial charge in [0.05, 0.1) is 22.8 Å². The highest BCUT2D eigenvalue weighted by atomic mass is 35.5. The fourth-order valence-corrected chi connectivity index (χ4v) is 1.82. The minimum atomic E-state index is -0.0972. The summed E-state index contributed by atoms with van der Waals surface area (Å²) in [5.41, 5.74) is 1.41. The molecule has 2 N–H and O–H groups in total. The van der Waals surface area contributed by atoms with Gasteiger partial charge in [0.15, 0.2) is 0 Å². The number of hydrogen-bond acceptors (Lipinski definition) is 3. The Morgan fingerprint density at radius 3 is 3.00 bits per heavy atom. The quantitative estimate of drug-likeness (QED) is 0.875. The molecule has 0 spiro atoms. The third-order valence-corrected chi connectivity index (χ3v) is 2.64. The third kappa shape index (κ3) is 2.54. The van der Waals surface area contributed by atoms with Gasteiger partial charge in [-0.05, 0) is 31.3 Å². The van der Waals surface area contributed by atoms with Gasteiger partial charge in [-0.1, -0.05) is 11.6 Å². The van der Waals surface area contributed by atoms with E-state index >= 15 is 0 Å². The molecular formula is C12H12ClN3O. The fourth-order valence-electron chi connectivity index (χ4n) is 1.60. The van der Waals surface area contributed by atoms with E-state index in [1.54, 1.807) is 25.4 Å². The Bertz CT molecular complexity index is 556. The van der Waals surface area contributed by atoms with Crippen LogP contribution in [0.15, 0.2) is 30.5 Å². The highest BCUT2D eigenvalue weighted by molar-refractivity contribution is 6.35. The number of likely N-dealkylation sites (N-methyl/N-ethyl adjacent to an activating group) is 1. The molecule has 0 saturated heterocycles. The molecule has 0 aliphatic heterocycles. The second-order valence-electron chi connectivity index (χ2n) is 3.57. The van der Waals surface area contributed by atoms with Crippen molar-refractivity contribution in [1.82, 2.24) is 10.3 Å². The zero-order valence-electron chi connectivity index (χ0n) is 9.33. The normalized spacial score (nSPS) is 10.5. The number of anilines is 1. The van der Waals surface area contributed by atoms with Gasteiger partial charge in [0, 0.05) is 11.6 Å². The van der Waals surface area contributed by atoms with E-state index < -0.39 is 0 Å². The summed E-state index contributed by atoms with van der Waals surface area (Å²) in [4.78, 5) is 15.7. The van der Waals surface area contributed by atoms with E-state index in [0.29, 0.717) is 10.5 Å². The Labute approximate surface area is 104 Å². The molecule has 0 radical (unpaired) electrons. The van der Waals surface area contributed by atoms with Gasteiger partial charge < -0.3 is 10.6 Å². The first-order chi connectivity index (χ1) is 8.22. The molecule has 0 aliphatic rings. The summed E-state index contributed by atoms with van der Waals surface area (Å²) < 4.78 is 0. The van der Waals surface area contributed by atoms with Crippen LogP contribution in [0.5, 0.6) is 0 Å². The zero-order chi connectivity index (χ0) is 12.3. The number of fused-ring (bicyclic) bond motifs is 1. The van der Waals surface area contributed by atoms with Crippen molar-refractivity contribution in [2.75, 3.05) is 18.9 Å². The molecule has 2 rings (SSSR count). The van der Waals surface area contributed by atoms with Gasteiger partial charge in [0.2, 0.25) is 5.91 Å². The lowest BCUT2D eigenvalue weighted by Crippen LogP contribution is -2.25. The van der Waals surface area contributed by atoms with Crippen LogP contribution in [0.1, 0.15) is 0 Å². The minimum Gasteiger partial charge on any atom is -0.324 e. The Balaban J connectivity index is 2.41. The largest absolute Gasteiger partial charge is 0.324 e.